The van der Waals surface area contributed by atoms with Crippen LogP contribution >= 0.6 is 11.6 Å². The van der Waals surface area contributed by atoms with Gasteiger partial charge in [-0.25, -0.2) is 0 Å². The molecule has 1 amide bonds. The lowest BCUT2D eigenvalue weighted by Gasteiger charge is -2.22. The minimum atomic E-state index is -4.90. The van der Waals surface area contributed by atoms with Crippen molar-refractivity contribution in [2.75, 3.05) is 0 Å². The van der Waals surface area contributed by atoms with Crippen molar-refractivity contribution in [2.24, 2.45) is 0 Å². The molecule has 0 aliphatic carbocycles. The summed E-state index contributed by atoms with van der Waals surface area (Å²) in [4.78, 5) is 13.3. The standard InChI is InChI=1S/C19H12ClF6N5O2/c1-17(8-27,28-16(32)10-2-4-12(5-3-10)33-19(24,25)26)9-31-29-14-7-11(20)6-13(15(14)30-31)18(21,22)23/h2-7H,9H2,1H3,(H,28,32). The Labute approximate surface area is 186 Å². The maximum atomic E-state index is 13.3. The number of hydrogen-bond acceptors (Lipinski definition) is 5. The average Bonchev–Trinajstić information content (AvgIpc) is 3.07. The van der Waals surface area contributed by atoms with Crippen LogP contribution in [0.2, 0.25) is 5.02 Å². The number of alkyl halides is 6. The highest BCUT2D eigenvalue weighted by Gasteiger charge is 2.36. The summed E-state index contributed by atoms with van der Waals surface area (Å²) in [5.74, 6) is -1.37. The van der Waals surface area contributed by atoms with Gasteiger partial charge in [-0.05, 0) is 43.3 Å². The summed E-state index contributed by atoms with van der Waals surface area (Å²) in [7, 11) is 0. The molecular formula is C19H12ClF6N5O2. The van der Waals surface area contributed by atoms with E-state index >= 15 is 0 Å². The van der Waals surface area contributed by atoms with Crippen LogP contribution in [-0.2, 0) is 12.7 Å². The number of rotatable bonds is 5. The van der Waals surface area contributed by atoms with Crippen LogP contribution < -0.4 is 10.1 Å². The maximum Gasteiger partial charge on any atom is 0.573 e. The molecule has 1 unspecified atom stereocenters. The van der Waals surface area contributed by atoms with Gasteiger partial charge in [0.2, 0.25) is 0 Å². The number of carbonyl (C=O) groups excluding carboxylic acids is 1. The van der Waals surface area contributed by atoms with Gasteiger partial charge in [0.1, 0.15) is 22.3 Å². The highest BCUT2D eigenvalue weighted by atomic mass is 35.5. The van der Waals surface area contributed by atoms with Gasteiger partial charge in [0.25, 0.3) is 5.91 Å². The van der Waals surface area contributed by atoms with Gasteiger partial charge in [0, 0.05) is 10.6 Å². The number of ether oxygens (including phenoxy) is 1. The van der Waals surface area contributed by atoms with E-state index < -0.39 is 47.4 Å². The SMILES string of the molecule is CC(C#N)(Cn1nc2cc(Cl)cc(C(F)(F)F)c2n1)NC(=O)c1ccc(OC(F)(F)F)cc1. The molecule has 1 heterocycles. The molecule has 0 fully saturated rings. The number of fused-ring (bicyclic) bond motifs is 1. The van der Waals surface area contributed by atoms with Gasteiger partial charge in [-0.1, -0.05) is 11.6 Å². The number of halogens is 7. The first-order valence-electron chi connectivity index (χ1n) is 8.90. The lowest BCUT2D eigenvalue weighted by atomic mass is 10.0. The molecule has 0 bridgehead atoms. The fraction of sp³-hybridized carbons (Fsp3) is 0.263. The van der Waals surface area contributed by atoms with Crippen LogP contribution in [0.5, 0.6) is 5.75 Å². The molecule has 0 saturated heterocycles. The second-order valence-electron chi connectivity index (χ2n) is 7.02. The summed E-state index contributed by atoms with van der Waals surface area (Å²) in [5, 5.41) is 19.4. The van der Waals surface area contributed by atoms with E-state index in [1.165, 1.54) is 13.0 Å². The first-order valence-corrected chi connectivity index (χ1v) is 9.28. The minimum Gasteiger partial charge on any atom is -0.406 e. The highest BCUT2D eigenvalue weighted by molar-refractivity contribution is 6.31. The van der Waals surface area contributed by atoms with E-state index in [1.54, 1.807) is 0 Å². The summed E-state index contributed by atoms with van der Waals surface area (Å²) in [6, 6.07) is 7.60. The van der Waals surface area contributed by atoms with Gasteiger partial charge < -0.3 is 10.1 Å². The Bertz CT molecular complexity index is 1230. The number of hydrogen-bond donors (Lipinski definition) is 1. The molecule has 0 aliphatic rings. The number of nitrogens with one attached hydrogen (secondary N) is 1. The van der Waals surface area contributed by atoms with E-state index in [0.29, 0.717) is 6.07 Å². The average molecular weight is 492 g/mol. The molecule has 2 aromatic carbocycles. The van der Waals surface area contributed by atoms with Gasteiger partial charge >= 0.3 is 12.5 Å². The zero-order chi connectivity index (χ0) is 24.6. The smallest absolute Gasteiger partial charge is 0.406 e. The Morgan fingerprint density at radius 1 is 1.15 bits per heavy atom. The fourth-order valence-electron chi connectivity index (χ4n) is 2.83. The van der Waals surface area contributed by atoms with Crippen molar-refractivity contribution < 1.29 is 35.9 Å². The summed E-state index contributed by atoms with van der Waals surface area (Å²) in [5.41, 5.74) is -3.54. The third-order valence-corrected chi connectivity index (χ3v) is 4.46. The molecular weight excluding hydrogens is 480 g/mol. The molecule has 0 radical (unpaired) electrons. The Hall–Kier alpha value is -3.53. The molecule has 14 heteroatoms. The van der Waals surface area contributed by atoms with Crippen LogP contribution in [0.4, 0.5) is 26.3 Å². The number of nitrogens with zero attached hydrogens (tertiary/aromatic N) is 4. The van der Waals surface area contributed by atoms with Crippen LogP contribution in [-0.4, -0.2) is 32.8 Å². The molecule has 3 rings (SSSR count). The molecule has 3 aromatic rings. The van der Waals surface area contributed by atoms with E-state index in [9.17, 15) is 36.4 Å². The minimum absolute atomic E-state index is 0.0873. The van der Waals surface area contributed by atoms with Crippen LogP contribution in [0.15, 0.2) is 36.4 Å². The molecule has 0 saturated carbocycles. The van der Waals surface area contributed by atoms with Crippen molar-refractivity contribution in [2.45, 2.75) is 31.5 Å². The van der Waals surface area contributed by atoms with Crippen molar-refractivity contribution in [1.82, 2.24) is 20.3 Å². The summed E-state index contributed by atoms with van der Waals surface area (Å²) in [6.45, 7) is 0.839. The van der Waals surface area contributed by atoms with Crippen molar-refractivity contribution in [3.8, 4) is 11.8 Å². The Morgan fingerprint density at radius 2 is 1.79 bits per heavy atom. The Kier molecular flexibility index (Phi) is 6.16. The first-order chi connectivity index (χ1) is 15.2. The van der Waals surface area contributed by atoms with Gasteiger partial charge in [0.15, 0.2) is 0 Å². The number of amides is 1. The topological polar surface area (TPSA) is 92.8 Å². The monoisotopic (exact) mass is 491 g/mol. The number of carbonyl (C=O) groups is 1. The second-order valence-corrected chi connectivity index (χ2v) is 7.46. The summed E-state index contributed by atoms with van der Waals surface area (Å²) < 4.78 is 80.3. The molecule has 33 heavy (non-hydrogen) atoms. The van der Waals surface area contributed by atoms with E-state index in [4.69, 9.17) is 11.6 Å². The molecule has 1 N–H and O–H groups in total. The van der Waals surface area contributed by atoms with E-state index in [1.807, 2.05) is 6.07 Å². The number of aromatic nitrogens is 3. The van der Waals surface area contributed by atoms with Crippen molar-refractivity contribution in [1.29, 1.82) is 5.26 Å². The second kappa shape index (κ2) is 8.43. The van der Waals surface area contributed by atoms with Crippen molar-refractivity contribution in [3.05, 3.63) is 52.5 Å². The summed E-state index contributed by atoms with van der Waals surface area (Å²) in [6.07, 6.45) is -9.65. The molecule has 1 aromatic heterocycles. The predicted octanol–water partition coefficient (Wildman–Crippen LogP) is 4.71. The Morgan fingerprint density at radius 3 is 2.33 bits per heavy atom. The molecule has 7 nitrogen and oxygen atoms in total. The van der Waals surface area contributed by atoms with E-state index in [-0.39, 0.29) is 16.1 Å². The van der Waals surface area contributed by atoms with Gasteiger partial charge in [-0.3, -0.25) is 4.79 Å². The van der Waals surface area contributed by atoms with Crippen molar-refractivity contribution >= 4 is 28.5 Å². The van der Waals surface area contributed by atoms with Crippen LogP contribution in [0.1, 0.15) is 22.8 Å². The molecule has 1 atom stereocenters. The largest absolute Gasteiger partial charge is 0.573 e. The highest BCUT2D eigenvalue weighted by Crippen LogP contribution is 2.35. The number of benzene rings is 2. The fourth-order valence-corrected chi connectivity index (χ4v) is 3.04. The normalized spacial score (nSPS) is 13.9. The molecule has 0 aliphatic heterocycles. The zero-order valence-corrected chi connectivity index (χ0v) is 17.2. The first kappa shape index (κ1) is 24.1. The maximum absolute atomic E-state index is 13.3. The lowest BCUT2D eigenvalue weighted by molar-refractivity contribution is -0.274. The molecule has 174 valence electrons. The number of nitriles is 1. The van der Waals surface area contributed by atoms with Gasteiger partial charge in [-0.15, -0.1) is 13.2 Å². The summed E-state index contributed by atoms with van der Waals surface area (Å²) >= 11 is 5.73. The quantitative estimate of drug-likeness (QED) is 0.522. The van der Waals surface area contributed by atoms with Crippen LogP contribution in [0.25, 0.3) is 11.0 Å². The van der Waals surface area contributed by atoms with Crippen LogP contribution in [0, 0.1) is 11.3 Å². The van der Waals surface area contributed by atoms with E-state index in [0.717, 1.165) is 29.1 Å². The Balaban J connectivity index is 1.82. The third kappa shape index (κ3) is 5.83. The molecule has 0 spiro atoms. The van der Waals surface area contributed by atoms with E-state index in [2.05, 4.69) is 20.3 Å². The lowest BCUT2D eigenvalue weighted by Crippen LogP contribution is -2.48. The van der Waals surface area contributed by atoms with Gasteiger partial charge in [0.05, 0.1) is 18.2 Å². The third-order valence-electron chi connectivity index (χ3n) is 4.24. The predicted molar refractivity (Wildman–Crippen MR) is 102 cm³/mol. The van der Waals surface area contributed by atoms with Gasteiger partial charge in [-0.2, -0.15) is 33.4 Å². The zero-order valence-electron chi connectivity index (χ0n) is 16.4. The van der Waals surface area contributed by atoms with Crippen LogP contribution in [0.3, 0.4) is 0 Å². The van der Waals surface area contributed by atoms with Crippen molar-refractivity contribution in [3.63, 3.8) is 0 Å².